The summed E-state index contributed by atoms with van der Waals surface area (Å²) in [4.78, 5) is 0. The van der Waals surface area contributed by atoms with Gasteiger partial charge in [0, 0.05) is 0 Å². The lowest BCUT2D eigenvalue weighted by Crippen LogP contribution is -2.43. The number of aryl methyl sites for hydroxylation is 2. The second kappa shape index (κ2) is 7.52. The molecule has 0 spiro atoms. The van der Waals surface area contributed by atoms with Gasteiger partial charge in [-0.2, -0.15) is 0 Å². The Balaban J connectivity index is 3.12. The Bertz CT molecular complexity index is 565. The van der Waals surface area contributed by atoms with Gasteiger partial charge in [-0.05, 0) is 69.3 Å². The van der Waals surface area contributed by atoms with Crippen molar-refractivity contribution in [3.05, 3.63) is 53.6 Å². The van der Waals surface area contributed by atoms with Crippen LogP contribution in [0, 0.1) is 19.3 Å². The molecule has 0 amide bonds. The van der Waals surface area contributed by atoms with Crippen LogP contribution in [0.5, 0.6) is 5.75 Å². The molecule has 0 aliphatic carbocycles. The van der Waals surface area contributed by atoms with Crippen LogP contribution in [0.1, 0.15) is 45.2 Å². The van der Waals surface area contributed by atoms with Crippen LogP contribution >= 0.6 is 0 Å². The summed E-state index contributed by atoms with van der Waals surface area (Å²) in [6, 6.07) is 8.47. The normalized spacial score (nSPS) is 14.2. The van der Waals surface area contributed by atoms with Crippen molar-refractivity contribution >= 4 is 8.32 Å². The molecule has 23 heavy (non-hydrogen) atoms. The van der Waals surface area contributed by atoms with Crippen molar-refractivity contribution in [2.75, 3.05) is 0 Å². The maximum atomic E-state index is 6.74. The summed E-state index contributed by atoms with van der Waals surface area (Å²) in [5.74, 6) is 1.08. The lowest BCUT2D eigenvalue weighted by Gasteiger charge is -2.37. The van der Waals surface area contributed by atoms with Gasteiger partial charge in [0.25, 0.3) is 8.32 Å². The van der Waals surface area contributed by atoms with E-state index in [1.807, 2.05) is 0 Å². The highest BCUT2D eigenvalue weighted by atomic mass is 28.4. The molecular weight excluding hydrogens is 296 g/mol. The zero-order chi connectivity index (χ0) is 17.8. The van der Waals surface area contributed by atoms with Crippen LogP contribution in [0.3, 0.4) is 0 Å². The van der Waals surface area contributed by atoms with E-state index in [2.05, 4.69) is 79.4 Å². The van der Waals surface area contributed by atoms with Gasteiger partial charge in [0.05, 0.1) is 0 Å². The summed E-state index contributed by atoms with van der Waals surface area (Å²) >= 11 is 0. The number of hydrogen-bond acceptors (Lipinski definition) is 1. The number of para-hydroxylation sites is 1. The first-order chi connectivity index (χ1) is 10.4. The highest BCUT2D eigenvalue weighted by Gasteiger charge is 2.38. The highest BCUT2D eigenvalue weighted by Crippen LogP contribution is 2.39. The Morgan fingerprint density at radius 3 is 2.04 bits per heavy atom. The van der Waals surface area contributed by atoms with Crippen LogP contribution in [0.2, 0.25) is 18.6 Å². The smallest absolute Gasteiger partial charge is 0.252 e. The molecule has 1 nitrogen and oxygen atoms in total. The van der Waals surface area contributed by atoms with Crippen molar-refractivity contribution in [1.29, 1.82) is 0 Å². The first-order valence-corrected chi connectivity index (χ1v) is 11.3. The van der Waals surface area contributed by atoms with Crippen LogP contribution in [0.15, 0.2) is 42.5 Å². The summed E-state index contributed by atoms with van der Waals surface area (Å²) in [6.07, 6.45) is 1.04. The first kappa shape index (κ1) is 19.8. The van der Waals surface area contributed by atoms with Gasteiger partial charge >= 0.3 is 0 Å². The minimum atomic E-state index is -1.96. The largest absolute Gasteiger partial charge is 0.543 e. The second-order valence-electron chi connectivity index (χ2n) is 8.38. The Morgan fingerprint density at radius 2 is 1.61 bits per heavy atom. The van der Waals surface area contributed by atoms with E-state index in [9.17, 15) is 0 Å². The molecule has 0 saturated carbocycles. The van der Waals surface area contributed by atoms with Gasteiger partial charge < -0.3 is 4.43 Å². The number of hydrogen-bond donors (Lipinski definition) is 0. The molecule has 0 radical (unpaired) electrons. The number of allylic oxidation sites excluding steroid dienone is 2. The first-order valence-electron chi connectivity index (χ1n) is 8.48. The van der Waals surface area contributed by atoms with E-state index in [-0.39, 0.29) is 5.41 Å². The van der Waals surface area contributed by atoms with Crippen molar-refractivity contribution in [3.63, 3.8) is 0 Å². The summed E-state index contributed by atoms with van der Waals surface area (Å²) < 4.78 is 6.74. The van der Waals surface area contributed by atoms with Crippen molar-refractivity contribution in [3.8, 4) is 5.75 Å². The third-order valence-corrected chi connectivity index (χ3v) is 7.82. The number of rotatable bonds is 8. The van der Waals surface area contributed by atoms with Crippen LogP contribution in [-0.4, -0.2) is 8.32 Å². The van der Waals surface area contributed by atoms with Gasteiger partial charge in [-0.25, -0.2) is 0 Å². The average molecular weight is 331 g/mol. The van der Waals surface area contributed by atoms with E-state index in [0.717, 1.165) is 24.3 Å². The van der Waals surface area contributed by atoms with Crippen LogP contribution < -0.4 is 4.43 Å². The molecule has 0 aliphatic rings. The van der Waals surface area contributed by atoms with Gasteiger partial charge in [0.1, 0.15) is 5.75 Å². The van der Waals surface area contributed by atoms with Crippen LogP contribution in [0.4, 0.5) is 0 Å². The molecular formula is C21H34OSi. The SMILES string of the molecule is C=C(C)CC(C)(C)C[Si@](C)(CC(=C)C)Oc1c(C)cccc1C. The molecule has 0 aliphatic heterocycles. The zero-order valence-electron chi connectivity index (χ0n) is 16.2. The molecule has 0 heterocycles. The molecule has 0 unspecified atom stereocenters. The van der Waals surface area contributed by atoms with E-state index in [1.165, 1.54) is 22.3 Å². The van der Waals surface area contributed by atoms with E-state index in [4.69, 9.17) is 4.43 Å². The van der Waals surface area contributed by atoms with Gasteiger partial charge in [-0.1, -0.05) is 43.2 Å². The Morgan fingerprint density at radius 1 is 1.09 bits per heavy atom. The Hall–Kier alpha value is -1.28. The minimum absolute atomic E-state index is 0.207. The lowest BCUT2D eigenvalue weighted by atomic mass is 9.89. The molecule has 1 aromatic rings. The van der Waals surface area contributed by atoms with Gasteiger partial charge in [0.15, 0.2) is 0 Å². The van der Waals surface area contributed by atoms with Gasteiger partial charge in [-0.15, -0.1) is 13.2 Å². The van der Waals surface area contributed by atoms with Gasteiger partial charge in [0.2, 0.25) is 0 Å². The molecule has 0 N–H and O–H groups in total. The molecule has 1 atom stereocenters. The molecule has 2 heteroatoms. The maximum absolute atomic E-state index is 6.74. The fraction of sp³-hybridized carbons (Fsp3) is 0.524. The molecule has 1 rings (SSSR count). The maximum Gasteiger partial charge on any atom is 0.252 e. The predicted molar refractivity (Wildman–Crippen MR) is 106 cm³/mol. The molecule has 0 bridgehead atoms. The summed E-state index contributed by atoms with van der Waals surface area (Å²) in [6.45, 7) is 23.8. The predicted octanol–water partition coefficient (Wildman–Crippen LogP) is 6.83. The second-order valence-corrected chi connectivity index (χ2v) is 12.2. The molecule has 0 fully saturated rings. The topological polar surface area (TPSA) is 9.23 Å². The van der Waals surface area contributed by atoms with Crippen LogP contribution in [-0.2, 0) is 0 Å². The quantitative estimate of drug-likeness (QED) is 0.375. The van der Waals surface area contributed by atoms with Crippen molar-refractivity contribution in [2.45, 2.75) is 66.6 Å². The Labute approximate surface area is 144 Å². The summed E-state index contributed by atoms with van der Waals surface area (Å²) in [7, 11) is -1.96. The fourth-order valence-electron chi connectivity index (χ4n) is 3.87. The van der Waals surface area contributed by atoms with E-state index in [1.54, 1.807) is 0 Å². The highest BCUT2D eigenvalue weighted by molar-refractivity contribution is 6.74. The molecule has 0 aromatic heterocycles. The minimum Gasteiger partial charge on any atom is -0.543 e. The van der Waals surface area contributed by atoms with Crippen molar-refractivity contribution < 1.29 is 4.43 Å². The van der Waals surface area contributed by atoms with E-state index < -0.39 is 8.32 Å². The Kier molecular flexibility index (Phi) is 6.47. The third kappa shape index (κ3) is 6.38. The standard InChI is InChI=1S/C21H34OSi/c1-16(2)13-21(7,8)15-23(9,14-17(3)4)22-20-18(5)11-10-12-19(20)6/h10-12H,1,3,13-15H2,2,4-9H3/t23-/m0/s1. The average Bonchev–Trinajstić information content (AvgIpc) is 2.30. The number of benzene rings is 1. The zero-order valence-corrected chi connectivity index (χ0v) is 17.2. The van der Waals surface area contributed by atoms with Crippen LogP contribution in [0.25, 0.3) is 0 Å². The van der Waals surface area contributed by atoms with Crippen molar-refractivity contribution in [2.24, 2.45) is 5.41 Å². The molecule has 0 saturated heterocycles. The van der Waals surface area contributed by atoms with Crippen molar-refractivity contribution in [1.82, 2.24) is 0 Å². The third-order valence-electron chi connectivity index (χ3n) is 4.07. The van der Waals surface area contributed by atoms with E-state index >= 15 is 0 Å². The van der Waals surface area contributed by atoms with Gasteiger partial charge in [-0.3, -0.25) is 0 Å². The fourth-order valence-corrected chi connectivity index (χ4v) is 8.38. The summed E-state index contributed by atoms with van der Waals surface area (Å²) in [5.41, 5.74) is 5.12. The lowest BCUT2D eigenvalue weighted by molar-refractivity contribution is 0.380. The summed E-state index contributed by atoms with van der Waals surface area (Å²) in [5, 5.41) is 0. The molecule has 128 valence electrons. The van der Waals surface area contributed by atoms with E-state index in [0.29, 0.717) is 0 Å². The monoisotopic (exact) mass is 330 g/mol. The molecule has 1 aromatic carbocycles.